The van der Waals surface area contributed by atoms with Gasteiger partial charge in [-0.25, -0.2) is 0 Å². The minimum atomic E-state index is -0.681. The number of nitrogens with zero attached hydrogens (tertiary/aromatic N) is 1. The first-order valence-corrected chi connectivity index (χ1v) is 8.97. The molecule has 0 atom stereocenters. The van der Waals surface area contributed by atoms with E-state index in [9.17, 15) is 14.9 Å². The molecule has 136 valence electrons. The van der Waals surface area contributed by atoms with Crippen LogP contribution in [0.3, 0.4) is 0 Å². The molecule has 0 aromatic heterocycles. The van der Waals surface area contributed by atoms with E-state index < -0.39 is 10.3 Å². The maximum absolute atomic E-state index is 13.1. The van der Waals surface area contributed by atoms with Gasteiger partial charge in [0.15, 0.2) is 0 Å². The molecule has 2 N–H and O–H groups in total. The van der Waals surface area contributed by atoms with Crippen molar-refractivity contribution in [3.05, 3.63) is 69.2 Å². The quantitative estimate of drug-likeness (QED) is 0.592. The summed E-state index contributed by atoms with van der Waals surface area (Å²) in [7, 11) is 0. The third-order valence-electron chi connectivity index (χ3n) is 4.93. The van der Waals surface area contributed by atoms with E-state index in [4.69, 9.17) is 11.6 Å². The van der Waals surface area contributed by atoms with Crippen molar-refractivity contribution in [1.29, 1.82) is 0 Å². The fourth-order valence-electron chi connectivity index (χ4n) is 3.57. The van der Waals surface area contributed by atoms with Gasteiger partial charge in [0, 0.05) is 11.1 Å². The van der Waals surface area contributed by atoms with Crippen molar-refractivity contribution in [2.24, 2.45) is 0 Å². The molecular formula is C19H20ClN3O3. The topological polar surface area (TPSA) is 84.3 Å². The van der Waals surface area contributed by atoms with Crippen LogP contribution in [-0.4, -0.2) is 10.8 Å². The number of benzene rings is 2. The summed E-state index contributed by atoms with van der Waals surface area (Å²) in [6.07, 6.45) is 4.43. The van der Waals surface area contributed by atoms with Gasteiger partial charge in [-0.2, -0.15) is 0 Å². The van der Waals surface area contributed by atoms with E-state index in [1.807, 2.05) is 18.2 Å². The molecule has 0 unspecified atom stereocenters. The molecule has 7 heteroatoms. The van der Waals surface area contributed by atoms with Gasteiger partial charge < -0.3 is 0 Å². The largest absolute Gasteiger partial charge is 0.294 e. The lowest BCUT2D eigenvalue weighted by Gasteiger charge is -2.36. The van der Waals surface area contributed by atoms with Gasteiger partial charge in [-0.15, -0.1) is 0 Å². The number of carbonyl (C=O) groups is 1. The highest BCUT2D eigenvalue weighted by Gasteiger charge is 2.41. The number of anilines is 1. The number of hydrogen-bond acceptors (Lipinski definition) is 4. The zero-order chi connectivity index (χ0) is 18.6. The van der Waals surface area contributed by atoms with Crippen LogP contribution in [-0.2, 0) is 10.2 Å². The van der Waals surface area contributed by atoms with Crippen molar-refractivity contribution in [3.63, 3.8) is 0 Å². The molecule has 0 aliphatic heterocycles. The Hall–Kier alpha value is -2.60. The predicted molar refractivity (Wildman–Crippen MR) is 101 cm³/mol. The lowest BCUT2D eigenvalue weighted by atomic mass is 9.69. The van der Waals surface area contributed by atoms with Crippen LogP contribution in [0.1, 0.15) is 37.7 Å². The molecule has 26 heavy (non-hydrogen) atoms. The molecule has 1 aliphatic rings. The van der Waals surface area contributed by atoms with Crippen LogP contribution in [0.5, 0.6) is 0 Å². The summed E-state index contributed by atoms with van der Waals surface area (Å²) in [5.74, 6) is -0.197. The maximum atomic E-state index is 13.1. The third-order valence-corrected chi connectivity index (χ3v) is 5.17. The van der Waals surface area contributed by atoms with Crippen molar-refractivity contribution >= 4 is 28.9 Å². The smallest absolute Gasteiger partial charge is 0.292 e. The molecule has 1 fully saturated rings. The first kappa shape index (κ1) is 18.2. The molecule has 6 nitrogen and oxygen atoms in total. The predicted octanol–water partition coefficient (Wildman–Crippen LogP) is 4.59. The Balaban J connectivity index is 1.84. The van der Waals surface area contributed by atoms with Crippen LogP contribution >= 0.6 is 11.6 Å². The molecule has 3 rings (SSSR count). The van der Waals surface area contributed by atoms with Gasteiger partial charge in [-0.3, -0.25) is 25.8 Å². The van der Waals surface area contributed by atoms with Gasteiger partial charge in [0.1, 0.15) is 5.69 Å². The fourth-order valence-corrected chi connectivity index (χ4v) is 3.76. The van der Waals surface area contributed by atoms with Gasteiger partial charge in [-0.05, 0) is 36.6 Å². The molecule has 0 bridgehead atoms. The first-order chi connectivity index (χ1) is 12.5. The van der Waals surface area contributed by atoms with Gasteiger partial charge >= 0.3 is 0 Å². The zero-order valence-corrected chi connectivity index (χ0v) is 15.0. The van der Waals surface area contributed by atoms with Crippen molar-refractivity contribution in [1.82, 2.24) is 5.43 Å². The van der Waals surface area contributed by atoms with E-state index in [-0.39, 0.29) is 17.3 Å². The number of hydrazine groups is 1. The Labute approximate surface area is 156 Å². The summed E-state index contributed by atoms with van der Waals surface area (Å²) in [6.45, 7) is 0. The Morgan fingerprint density at radius 3 is 2.50 bits per heavy atom. The number of halogens is 1. The number of amides is 1. The Bertz CT molecular complexity index is 819. The third kappa shape index (κ3) is 3.65. The number of hydrogen-bond donors (Lipinski definition) is 2. The summed E-state index contributed by atoms with van der Waals surface area (Å²) in [5, 5.41) is 11.7. The summed E-state index contributed by atoms with van der Waals surface area (Å²) < 4.78 is 0. The lowest BCUT2D eigenvalue weighted by Crippen LogP contribution is -2.47. The monoisotopic (exact) mass is 373 g/mol. The van der Waals surface area contributed by atoms with E-state index in [1.54, 1.807) is 24.3 Å². The maximum Gasteiger partial charge on any atom is 0.294 e. The van der Waals surface area contributed by atoms with Crippen LogP contribution in [0.25, 0.3) is 0 Å². The molecule has 0 heterocycles. The molecule has 0 radical (unpaired) electrons. The van der Waals surface area contributed by atoms with Crippen LogP contribution in [0.15, 0.2) is 48.5 Å². The highest BCUT2D eigenvalue weighted by Crippen LogP contribution is 2.40. The Kier molecular flexibility index (Phi) is 5.42. The number of rotatable bonds is 5. The van der Waals surface area contributed by atoms with Crippen molar-refractivity contribution in [2.75, 3.05) is 5.43 Å². The second kappa shape index (κ2) is 7.74. The molecule has 1 aliphatic carbocycles. The van der Waals surface area contributed by atoms with Gasteiger partial charge in [0.2, 0.25) is 5.91 Å². The molecule has 1 saturated carbocycles. The van der Waals surface area contributed by atoms with Crippen LogP contribution in [0.4, 0.5) is 11.4 Å². The number of carbonyl (C=O) groups excluding carboxylic acids is 1. The van der Waals surface area contributed by atoms with Crippen LogP contribution in [0, 0.1) is 10.1 Å². The zero-order valence-electron chi connectivity index (χ0n) is 14.2. The summed E-state index contributed by atoms with van der Waals surface area (Å²) in [5.41, 5.74) is 5.78. The van der Waals surface area contributed by atoms with E-state index in [1.165, 1.54) is 6.07 Å². The standard InChI is InChI=1S/C19H20ClN3O3/c20-15-8-6-7-14(13-15)19(11-4-1-5-12-19)18(24)22-21-16-9-2-3-10-17(16)23(25)26/h2-3,6-10,13,21H,1,4-5,11-12H2,(H,22,24). The Morgan fingerprint density at radius 2 is 1.81 bits per heavy atom. The van der Waals surface area contributed by atoms with Crippen molar-refractivity contribution in [2.45, 2.75) is 37.5 Å². The Morgan fingerprint density at radius 1 is 1.08 bits per heavy atom. The summed E-state index contributed by atoms with van der Waals surface area (Å²) in [4.78, 5) is 23.7. The normalized spacial score (nSPS) is 15.9. The van der Waals surface area contributed by atoms with Crippen LogP contribution < -0.4 is 10.9 Å². The van der Waals surface area contributed by atoms with Crippen molar-refractivity contribution in [3.8, 4) is 0 Å². The fraction of sp³-hybridized carbons (Fsp3) is 0.316. The van der Waals surface area contributed by atoms with E-state index in [2.05, 4.69) is 10.9 Å². The number of nitrogens with one attached hydrogen (secondary N) is 2. The molecule has 1 amide bonds. The van der Waals surface area contributed by atoms with Crippen LogP contribution in [0.2, 0.25) is 5.02 Å². The minimum Gasteiger partial charge on any atom is -0.292 e. The first-order valence-electron chi connectivity index (χ1n) is 8.59. The second-order valence-corrected chi connectivity index (χ2v) is 6.94. The molecule has 0 saturated heterocycles. The lowest BCUT2D eigenvalue weighted by molar-refractivity contribution is -0.384. The van der Waals surface area contributed by atoms with Gasteiger partial charge in [-0.1, -0.05) is 55.1 Å². The number of nitro benzene ring substituents is 1. The average molecular weight is 374 g/mol. The molecule has 2 aromatic carbocycles. The highest BCUT2D eigenvalue weighted by atomic mass is 35.5. The second-order valence-electron chi connectivity index (χ2n) is 6.51. The molecular weight excluding hydrogens is 354 g/mol. The average Bonchev–Trinajstić information content (AvgIpc) is 2.66. The van der Waals surface area contributed by atoms with E-state index in [0.717, 1.165) is 37.7 Å². The van der Waals surface area contributed by atoms with E-state index >= 15 is 0 Å². The molecule has 0 spiro atoms. The number of para-hydroxylation sites is 2. The van der Waals surface area contributed by atoms with Gasteiger partial charge in [0.25, 0.3) is 5.69 Å². The van der Waals surface area contributed by atoms with E-state index in [0.29, 0.717) is 5.02 Å². The van der Waals surface area contributed by atoms with Gasteiger partial charge in [0.05, 0.1) is 10.3 Å². The highest BCUT2D eigenvalue weighted by molar-refractivity contribution is 6.30. The van der Waals surface area contributed by atoms with Crippen molar-refractivity contribution < 1.29 is 9.72 Å². The SMILES string of the molecule is O=C(NNc1ccccc1[N+](=O)[O-])C1(c2cccc(Cl)c2)CCCCC1. The minimum absolute atomic E-state index is 0.0896. The summed E-state index contributed by atoms with van der Waals surface area (Å²) in [6, 6.07) is 13.6. The number of nitro groups is 1. The summed E-state index contributed by atoms with van der Waals surface area (Å²) >= 11 is 6.14. The molecule has 2 aromatic rings.